The second kappa shape index (κ2) is 2.90. The Kier molecular flexibility index (Phi) is 1.98. The summed E-state index contributed by atoms with van der Waals surface area (Å²) in [5.41, 5.74) is 0. The van der Waals surface area contributed by atoms with Crippen molar-refractivity contribution in [3.63, 3.8) is 0 Å². The highest BCUT2D eigenvalue weighted by Gasteiger charge is 2.47. The van der Waals surface area contributed by atoms with Gasteiger partial charge in [0, 0.05) is 23.9 Å². The SMILES string of the molecule is Cc1cnc(OC2CC(F)(F)C2)s1. The van der Waals surface area contributed by atoms with Gasteiger partial charge in [0.25, 0.3) is 11.1 Å². The molecular formula is C8H9F2NOS. The largest absolute Gasteiger partial charge is 0.466 e. The zero-order chi connectivity index (χ0) is 9.47. The number of hydrogen-bond acceptors (Lipinski definition) is 3. The molecule has 1 aromatic rings. The van der Waals surface area contributed by atoms with Crippen LogP contribution in [0.1, 0.15) is 17.7 Å². The van der Waals surface area contributed by atoms with Crippen molar-refractivity contribution in [2.24, 2.45) is 0 Å². The van der Waals surface area contributed by atoms with Gasteiger partial charge in [-0.3, -0.25) is 0 Å². The van der Waals surface area contributed by atoms with E-state index in [9.17, 15) is 8.78 Å². The summed E-state index contributed by atoms with van der Waals surface area (Å²) in [5, 5.41) is 0.498. The Morgan fingerprint density at radius 3 is 2.77 bits per heavy atom. The van der Waals surface area contributed by atoms with E-state index in [4.69, 9.17) is 4.74 Å². The van der Waals surface area contributed by atoms with Gasteiger partial charge in [0.1, 0.15) is 6.10 Å². The molecule has 1 aliphatic rings. The molecule has 1 heterocycles. The molecule has 0 N–H and O–H groups in total. The molecule has 0 atom stereocenters. The predicted octanol–water partition coefficient (Wildman–Crippen LogP) is 2.63. The van der Waals surface area contributed by atoms with Crippen molar-refractivity contribution in [1.82, 2.24) is 4.98 Å². The number of halogens is 2. The number of nitrogens with zero attached hydrogens (tertiary/aromatic N) is 1. The van der Waals surface area contributed by atoms with Crippen LogP contribution < -0.4 is 4.74 Å². The maximum absolute atomic E-state index is 12.4. The van der Waals surface area contributed by atoms with Crippen molar-refractivity contribution < 1.29 is 13.5 Å². The van der Waals surface area contributed by atoms with E-state index in [1.54, 1.807) is 6.20 Å². The quantitative estimate of drug-likeness (QED) is 0.740. The van der Waals surface area contributed by atoms with Gasteiger partial charge in [0.15, 0.2) is 0 Å². The number of aromatic nitrogens is 1. The van der Waals surface area contributed by atoms with Gasteiger partial charge in [-0.25, -0.2) is 13.8 Å². The Hall–Kier alpha value is -0.710. The first-order valence-corrected chi connectivity index (χ1v) is 4.84. The van der Waals surface area contributed by atoms with Gasteiger partial charge < -0.3 is 4.74 Å². The third kappa shape index (κ3) is 1.96. The fourth-order valence-corrected chi connectivity index (χ4v) is 1.89. The monoisotopic (exact) mass is 205 g/mol. The maximum atomic E-state index is 12.4. The van der Waals surface area contributed by atoms with Gasteiger partial charge in [0.2, 0.25) is 0 Å². The molecule has 1 aliphatic carbocycles. The summed E-state index contributed by atoms with van der Waals surface area (Å²) in [4.78, 5) is 4.97. The fourth-order valence-electron chi connectivity index (χ4n) is 1.22. The topological polar surface area (TPSA) is 22.1 Å². The molecule has 0 amide bonds. The zero-order valence-electron chi connectivity index (χ0n) is 7.09. The third-order valence-corrected chi connectivity index (χ3v) is 2.72. The van der Waals surface area contributed by atoms with Crippen LogP contribution >= 0.6 is 11.3 Å². The van der Waals surface area contributed by atoms with E-state index >= 15 is 0 Å². The van der Waals surface area contributed by atoms with Crippen LogP contribution in [-0.4, -0.2) is 17.0 Å². The number of thiazole rings is 1. The average Bonchev–Trinajstić information content (AvgIpc) is 2.31. The van der Waals surface area contributed by atoms with Gasteiger partial charge in [-0.05, 0) is 6.92 Å². The molecule has 0 bridgehead atoms. The van der Waals surface area contributed by atoms with Gasteiger partial charge in [-0.15, -0.1) is 0 Å². The highest BCUT2D eigenvalue weighted by Crippen LogP contribution is 2.40. The molecule has 1 aromatic heterocycles. The Labute approximate surface area is 78.6 Å². The van der Waals surface area contributed by atoms with E-state index in [-0.39, 0.29) is 18.9 Å². The standard InChI is InChI=1S/C8H9F2NOS/c1-5-4-11-7(13-5)12-6-2-8(9,10)3-6/h4,6H,2-3H2,1H3. The molecule has 0 radical (unpaired) electrons. The Morgan fingerprint density at radius 2 is 2.31 bits per heavy atom. The Morgan fingerprint density at radius 1 is 1.62 bits per heavy atom. The van der Waals surface area contributed by atoms with Crippen LogP contribution in [0.3, 0.4) is 0 Å². The van der Waals surface area contributed by atoms with Crippen molar-refractivity contribution in [3.8, 4) is 5.19 Å². The van der Waals surface area contributed by atoms with Gasteiger partial charge in [-0.1, -0.05) is 11.3 Å². The number of alkyl halides is 2. The van der Waals surface area contributed by atoms with Crippen LogP contribution in [0.4, 0.5) is 8.78 Å². The minimum atomic E-state index is -2.52. The molecular weight excluding hydrogens is 196 g/mol. The summed E-state index contributed by atoms with van der Waals surface area (Å²) >= 11 is 1.39. The van der Waals surface area contributed by atoms with E-state index in [0.29, 0.717) is 5.19 Å². The van der Waals surface area contributed by atoms with Crippen molar-refractivity contribution in [2.45, 2.75) is 31.8 Å². The molecule has 5 heteroatoms. The molecule has 1 fully saturated rings. The van der Waals surface area contributed by atoms with E-state index < -0.39 is 5.92 Å². The summed E-state index contributed by atoms with van der Waals surface area (Å²) in [6, 6.07) is 0. The molecule has 0 aliphatic heterocycles. The molecule has 13 heavy (non-hydrogen) atoms. The molecule has 1 saturated carbocycles. The highest BCUT2D eigenvalue weighted by atomic mass is 32.1. The summed E-state index contributed by atoms with van der Waals surface area (Å²) in [6.07, 6.45) is 0.981. The lowest BCUT2D eigenvalue weighted by molar-refractivity contribution is -0.134. The molecule has 2 nitrogen and oxygen atoms in total. The zero-order valence-corrected chi connectivity index (χ0v) is 7.91. The molecule has 72 valence electrons. The maximum Gasteiger partial charge on any atom is 0.273 e. The molecule has 0 aromatic carbocycles. The Bertz CT molecular complexity index is 305. The van der Waals surface area contributed by atoms with Crippen LogP contribution in [0.5, 0.6) is 5.19 Å². The lowest BCUT2D eigenvalue weighted by Crippen LogP contribution is -2.43. The normalized spacial score (nSPS) is 21.2. The number of aryl methyl sites for hydroxylation is 1. The first kappa shape index (κ1) is 8.87. The van der Waals surface area contributed by atoms with Crippen molar-refractivity contribution >= 4 is 11.3 Å². The first-order valence-electron chi connectivity index (χ1n) is 4.02. The van der Waals surface area contributed by atoms with E-state index in [1.807, 2.05) is 6.92 Å². The van der Waals surface area contributed by atoms with Crippen LogP contribution in [0.25, 0.3) is 0 Å². The third-order valence-electron chi connectivity index (χ3n) is 1.92. The van der Waals surface area contributed by atoms with Crippen LogP contribution in [0.2, 0.25) is 0 Å². The molecule has 0 unspecified atom stereocenters. The lowest BCUT2D eigenvalue weighted by atomic mass is 9.91. The second-order valence-corrected chi connectivity index (χ2v) is 4.44. The predicted molar refractivity (Wildman–Crippen MR) is 45.4 cm³/mol. The van der Waals surface area contributed by atoms with Crippen LogP contribution in [0.15, 0.2) is 6.20 Å². The highest BCUT2D eigenvalue weighted by molar-refractivity contribution is 7.13. The van der Waals surface area contributed by atoms with E-state index in [0.717, 1.165) is 4.88 Å². The minimum absolute atomic E-state index is 0.175. The van der Waals surface area contributed by atoms with Gasteiger partial charge in [0.05, 0.1) is 0 Å². The van der Waals surface area contributed by atoms with Crippen molar-refractivity contribution in [3.05, 3.63) is 11.1 Å². The molecule has 0 saturated heterocycles. The summed E-state index contributed by atoms with van der Waals surface area (Å²) in [6.45, 7) is 1.90. The summed E-state index contributed by atoms with van der Waals surface area (Å²) < 4.78 is 30.0. The summed E-state index contributed by atoms with van der Waals surface area (Å²) in [5.74, 6) is -2.52. The average molecular weight is 205 g/mol. The second-order valence-electron chi connectivity index (χ2n) is 3.24. The summed E-state index contributed by atoms with van der Waals surface area (Å²) in [7, 11) is 0. The molecule has 0 spiro atoms. The number of ether oxygens (including phenoxy) is 1. The fraction of sp³-hybridized carbons (Fsp3) is 0.625. The van der Waals surface area contributed by atoms with E-state index in [1.165, 1.54) is 11.3 Å². The Balaban J connectivity index is 1.87. The number of rotatable bonds is 2. The number of hydrogen-bond donors (Lipinski definition) is 0. The van der Waals surface area contributed by atoms with Crippen LogP contribution in [-0.2, 0) is 0 Å². The van der Waals surface area contributed by atoms with Gasteiger partial charge in [-0.2, -0.15) is 0 Å². The van der Waals surface area contributed by atoms with Gasteiger partial charge >= 0.3 is 0 Å². The van der Waals surface area contributed by atoms with Crippen LogP contribution in [0, 0.1) is 6.92 Å². The lowest BCUT2D eigenvalue weighted by Gasteiger charge is -2.33. The first-order chi connectivity index (χ1) is 6.05. The van der Waals surface area contributed by atoms with E-state index in [2.05, 4.69) is 4.98 Å². The molecule has 2 rings (SSSR count). The van der Waals surface area contributed by atoms with Crippen molar-refractivity contribution in [1.29, 1.82) is 0 Å². The van der Waals surface area contributed by atoms with Crippen molar-refractivity contribution in [2.75, 3.05) is 0 Å². The minimum Gasteiger partial charge on any atom is -0.466 e. The smallest absolute Gasteiger partial charge is 0.273 e.